The second-order valence-electron chi connectivity index (χ2n) is 5.20. The van der Waals surface area contributed by atoms with Crippen molar-refractivity contribution < 1.29 is 13.6 Å². The summed E-state index contributed by atoms with van der Waals surface area (Å²) in [6.45, 7) is 0.343. The Kier molecular flexibility index (Phi) is 4.12. The van der Waals surface area contributed by atoms with Crippen molar-refractivity contribution in [2.45, 2.75) is 45.2 Å². The molecule has 118 valence electrons. The van der Waals surface area contributed by atoms with Crippen LogP contribution >= 0.6 is 0 Å². The van der Waals surface area contributed by atoms with Crippen LogP contribution in [0.25, 0.3) is 0 Å². The number of carbonyl (C=O) groups excluding carboxylic acids is 1. The molecule has 22 heavy (non-hydrogen) atoms. The quantitative estimate of drug-likeness (QED) is 0.902. The summed E-state index contributed by atoms with van der Waals surface area (Å²) in [6.07, 6.45) is 3.91. The van der Waals surface area contributed by atoms with Crippen molar-refractivity contribution in [3.63, 3.8) is 0 Å². The fraction of sp³-hybridized carbons (Fsp3) is 0.538. The largest absolute Gasteiger partial charge is 0.335 e. The first kappa shape index (κ1) is 14.6. The third-order valence-electron chi connectivity index (χ3n) is 3.41. The Morgan fingerprint density at radius 1 is 1.41 bits per heavy atom. The average Bonchev–Trinajstić information content (AvgIpc) is 3.03. The van der Waals surface area contributed by atoms with E-state index in [0.717, 1.165) is 36.4 Å². The first-order valence-corrected chi connectivity index (χ1v) is 7.13. The van der Waals surface area contributed by atoms with Crippen molar-refractivity contribution in [2.24, 2.45) is 0 Å². The molecular formula is C13H16F2N6O. The van der Waals surface area contributed by atoms with Gasteiger partial charge >= 0.3 is 0 Å². The van der Waals surface area contributed by atoms with Gasteiger partial charge in [-0.05, 0) is 12.8 Å². The van der Waals surface area contributed by atoms with Gasteiger partial charge in [0.25, 0.3) is 6.43 Å². The topological polar surface area (TPSA) is 77.6 Å². The van der Waals surface area contributed by atoms with Crippen molar-refractivity contribution in [2.75, 3.05) is 5.32 Å². The molecule has 1 amide bonds. The van der Waals surface area contributed by atoms with E-state index in [9.17, 15) is 13.6 Å². The second-order valence-corrected chi connectivity index (χ2v) is 5.20. The summed E-state index contributed by atoms with van der Waals surface area (Å²) in [6, 6.07) is 0. The molecule has 0 aliphatic carbocycles. The predicted octanol–water partition coefficient (Wildman–Crippen LogP) is 1.26. The molecule has 2 aromatic heterocycles. The van der Waals surface area contributed by atoms with Gasteiger partial charge in [-0.3, -0.25) is 4.79 Å². The van der Waals surface area contributed by atoms with E-state index in [1.165, 1.54) is 6.20 Å². The van der Waals surface area contributed by atoms with Crippen LogP contribution in [-0.2, 0) is 30.7 Å². The van der Waals surface area contributed by atoms with Crippen LogP contribution in [0.15, 0.2) is 12.4 Å². The van der Waals surface area contributed by atoms with Crippen LogP contribution in [0.4, 0.5) is 14.6 Å². The Morgan fingerprint density at radius 2 is 2.27 bits per heavy atom. The number of aryl methyl sites for hydroxylation is 2. The van der Waals surface area contributed by atoms with E-state index in [0.29, 0.717) is 5.69 Å². The number of nitrogens with one attached hydrogen (secondary N) is 1. The summed E-state index contributed by atoms with van der Waals surface area (Å²) in [4.78, 5) is 17.2. The maximum absolute atomic E-state index is 12.2. The Balaban J connectivity index is 1.58. The summed E-state index contributed by atoms with van der Waals surface area (Å²) in [7, 11) is 0. The van der Waals surface area contributed by atoms with Gasteiger partial charge in [-0.2, -0.15) is 9.90 Å². The molecule has 0 unspecified atom stereocenters. The zero-order chi connectivity index (χ0) is 15.5. The number of halogens is 2. The van der Waals surface area contributed by atoms with Crippen LogP contribution in [-0.4, -0.2) is 36.9 Å². The van der Waals surface area contributed by atoms with Gasteiger partial charge in [0, 0.05) is 19.2 Å². The van der Waals surface area contributed by atoms with Crippen LogP contribution in [0.1, 0.15) is 24.4 Å². The second kappa shape index (κ2) is 6.20. The van der Waals surface area contributed by atoms with Crippen LogP contribution in [0.2, 0.25) is 0 Å². The molecule has 0 fully saturated rings. The van der Waals surface area contributed by atoms with Crippen LogP contribution in [0.5, 0.6) is 0 Å². The summed E-state index contributed by atoms with van der Waals surface area (Å²) in [5.41, 5.74) is 0.703. The third kappa shape index (κ3) is 3.46. The Labute approximate surface area is 125 Å². The van der Waals surface area contributed by atoms with Gasteiger partial charge in [0.2, 0.25) is 5.91 Å². The van der Waals surface area contributed by atoms with E-state index in [2.05, 4.69) is 25.1 Å². The van der Waals surface area contributed by atoms with Crippen LogP contribution in [0.3, 0.4) is 0 Å². The van der Waals surface area contributed by atoms with Crippen molar-refractivity contribution >= 4 is 11.7 Å². The molecule has 2 aromatic rings. The van der Waals surface area contributed by atoms with E-state index >= 15 is 0 Å². The summed E-state index contributed by atoms with van der Waals surface area (Å²) >= 11 is 0. The number of alkyl halides is 2. The molecule has 0 bridgehead atoms. The highest BCUT2D eigenvalue weighted by molar-refractivity contribution is 5.90. The lowest BCUT2D eigenvalue weighted by atomic mass is 10.2. The van der Waals surface area contributed by atoms with Crippen LogP contribution < -0.4 is 5.32 Å². The zero-order valence-corrected chi connectivity index (χ0v) is 11.9. The fourth-order valence-electron chi connectivity index (χ4n) is 2.47. The SMILES string of the molecule is O=C(Cc1cn2c(n1)CCCC2)Nc1cnn(CC(F)F)n1. The number of rotatable bonds is 5. The average molecular weight is 310 g/mol. The van der Waals surface area contributed by atoms with Gasteiger partial charge in [0.15, 0.2) is 5.82 Å². The molecule has 0 saturated heterocycles. The lowest BCUT2D eigenvalue weighted by Gasteiger charge is -2.11. The molecule has 7 nitrogen and oxygen atoms in total. The minimum atomic E-state index is -2.53. The normalized spacial score (nSPS) is 14.1. The van der Waals surface area contributed by atoms with Gasteiger partial charge in [0.1, 0.15) is 12.4 Å². The predicted molar refractivity (Wildman–Crippen MR) is 73.5 cm³/mol. The number of hydrogen-bond donors (Lipinski definition) is 1. The first-order valence-electron chi connectivity index (χ1n) is 7.13. The van der Waals surface area contributed by atoms with Gasteiger partial charge in [-0.1, -0.05) is 0 Å². The molecule has 0 atom stereocenters. The molecule has 9 heteroatoms. The lowest BCUT2D eigenvalue weighted by molar-refractivity contribution is -0.115. The van der Waals surface area contributed by atoms with Crippen molar-refractivity contribution in [1.82, 2.24) is 24.5 Å². The van der Waals surface area contributed by atoms with E-state index in [1.54, 1.807) is 0 Å². The number of nitrogens with zero attached hydrogens (tertiary/aromatic N) is 5. The first-order chi connectivity index (χ1) is 10.6. The highest BCUT2D eigenvalue weighted by Crippen LogP contribution is 2.15. The molecule has 0 spiro atoms. The monoisotopic (exact) mass is 310 g/mol. The summed E-state index contributed by atoms with van der Waals surface area (Å²) in [5.74, 6) is 0.881. The highest BCUT2D eigenvalue weighted by Gasteiger charge is 2.15. The Hall–Kier alpha value is -2.32. The molecule has 1 N–H and O–H groups in total. The molecule has 0 aromatic carbocycles. The van der Waals surface area contributed by atoms with Crippen molar-refractivity contribution in [1.29, 1.82) is 0 Å². The number of imidazole rings is 1. The number of amides is 1. The van der Waals surface area contributed by atoms with E-state index in [-0.39, 0.29) is 18.1 Å². The van der Waals surface area contributed by atoms with E-state index < -0.39 is 13.0 Å². The highest BCUT2D eigenvalue weighted by atomic mass is 19.3. The third-order valence-corrected chi connectivity index (χ3v) is 3.41. The van der Waals surface area contributed by atoms with Crippen molar-refractivity contribution in [3.05, 3.63) is 23.9 Å². The fourth-order valence-corrected chi connectivity index (χ4v) is 2.47. The number of aromatic nitrogens is 5. The molecule has 0 radical (unpaired) electrons. The van der Waals surface area contributed by atoms with Crippen molar-refractivity contribution in [3.8, 4) is 0 Å². The Bertz CT molecular complexity index is 642. The van der Waals surface area contributed by atoms with Gasteiger partial charge in [0.05, 0.1) is 18.3 Å². The number of fused-ring (bicyclic) bond motifs is 1. The lowest BCUT2D eigenvalue weighted by Crippen LogP contribution is -2.16. The maximum Gasteiger partial charge on any atom is 0.259 e. The minimum Gasteiger partial charge on any atom is -0.335 e. The number of anilines is 1. The van der Waals surface area contributed by atoms with Gasteiger partial charge in [-0.15, -0.1) is 5.10 Å². The summed E-state index contributed by atoms with van der Waals surface area (Å²) in [5, 5.41) is 9.96. The maximum atomic E-state index is 12.2. The summed E-state index contributed by atoms with van der Waals surface area (Å²) < 4.78 is 26.5. The molecular weight excluding hydrogens is 294 g/mol. The smallest absolute Gasteiger partial charge is 0.259 e. The van der Waals surface area contributed by atoms with Gasteiger partial charge in [-0.25, -0.2) is 13.8 Å². The molecule has 3 heterocycles. The van der Waals surface area contributed by atoms with Gasteiger partial charge < -0.3 is 9.88 Å². The van der Waals surface area contributed by atoms with E-state index in [1.807, 2.05) is 6.20 Å². The number of carbonyl (C=O) groups is 1. The van der Waals surface area contributed by atoms with Crippen LogP contribution in [0, 0.1) is 0 Å². The number of hydrogen-bond acceptors (Lipinski definition) is 4. The standard InChI is InChI=1S/C13H16F2N6O/c14-10(15)8-21-16-6-11(19-21)18-13(22)5-9-7-20-4-2-1-3-12(20)17-9/h6-7,10H,1-5,8H2,(H,18,19,22). The van der Waals surface area contributed by atoms with E-state index in [4.69, 9.17) is 0 Å². The Morgan fingerprint density at radius 3 is 3.05 bits per heavy atom. The molecule has 1 aliphatic rings. The molecule has 1 aliphatic heterocycles. The minimum absolute atomic E-state index is 0.127. The zero-order valence-electron chi connectivity index (χ0n) is 11.9. The molecule has 0 saturated carbocycles. The molecule has 3 rings (SSSR count).